The van der Waals surface area contributed by atoms with Gasteiger partial charge in [-0.15, -0.1) is 0 Å². The first-order valence-corrected chi connectivity index (χ1v) is 13.3. The molecular formula is C35H31NO. The molecule has 1 fully saturated rings. The van der Waals surface area contributed by atoms with E-state index in [2.05, 4.69) is 105 Å². The summed E-state index contributed by atoms with van der Waals surface area (Å²) in [6.45, 7) is 4.65. The van der Waals surface area contributed by atoms with Crippen molar-refractivity contribution >= 4 is 32.7 Å². The number of rotatable bonds is 3. The van der Waals surface area contributed by atoms with Gasteiger partial charge in [0.2, 0.25) is 0 Å². The molecule has 0 amide bonds. The Bertz CT molecular complexity index is 1800. The van der Waals surface area contributed by atoms with Crippen LogP contribution >= 0.6 is 0 Å². The van der Waals surface area contributed by atoms with Gasteiger partial charge < -0.3 is 4.42 Å². The zero-order valence-corrected chi connectivity index (χ0v) is 21.4. The standard InChI is InChI=1S/C35H31NO/c1-35(2)17-14-25(15-18-35)23-10-12-24(13-11-23)28-16-19-36-32(21-28)30-9-5-8-29-31-20-26-6-3-4-7-27(26)22-33(31)37-34(29)30/h3-13,16,19-22,25H,14-15,17-18H2,1-2H3/i25D. The molecule has 7 rings (SSSR count). The second kappa shape index (κ2) is 8.59. The van der Waals surface area contributed by atoms with Gasteiger partial charge in [-0.1, -0.05) is 74.5 Å². The second-order valence-electron chi connectivity index (χ2n) is 11.3. The molecule has 1 aliphatic rings. The molecule has 0 bridgehead atoms. The highest BCUT2D eigenvalue weighted by Gasteiger charge is 2.27. The summed E-state index contributed by atoms with van der Waals surface area (Å²) >= 11 is 0. The maximum Gasteiger partial charge on any atom is 0.144 e. The van der Waals surface area contributed by atoms with Crippen LogP contribution in [0.15, 0.2) is 102 Å². The minimum absolute atomic E-state index is 0.355. The smallest absolute Gasteiger partial charge is 0.144 e. The van der Waals surface area contributed by atoms with E-state index in [4.69, 9.17) is 10.8 Å². The van der Waals surface area contributed by atoms with Gasteiger partial charge in [-0.05, 0) is 94.8 Å². The first-order valence-electron chi connectivity index (χ1n) is 13.8. The van der Waals surface area contributed by atoms with E-state index in [1.165, 1.54) is 10.8 Å². The van der Waals surface area contributed by atoms with Crippen LogP contribution in [0, 0.1) is 5.41 Å². The van der Waals surface area contributed by atoms with E-state index in [9.17, 15) is 0 Å². The van der Waals surface area contributed by atoms with Crippen LogP contribution in [0.4, 0.5) is 0 Å². The first kappa shape index (κ1) is 21.2. The van der Waals surface area contributed by atoms with Gasteiger partial charge in [0, 0.05) is 23.9 Å². The van der Waals surface area contributed by atoms with Gasteiger partial charge >= 0.3 is 0 Å². The highest BCUT2D eigenvalue weighted by Crippen LogP contribution is 2.43. The van der Waals surface area contributed by atoms with Crippen molar-refractivity contribution in [3.8, 4) is 22.4 Å². The van der Waals surface area contributed by atoms with Crippen LogP contribution in [-0.4, -0.2) is 4.98 Å². The van der Waals surface area contributed by atoms with Crippen LogP contribution < -0.4 is 0 Å². The molecule has 4 aromatic carbocycles. The van der Waals surface area contributed by atoms with Crippen LogP contribution in [0.25, 0.3) is 55.1 Å². The minimum atomic E-state index is -0.473. The van der Waals surface area contributed by atoms with Crippen molar-refractivity contribution in [2.75, 3.05) is 0 Å². The Hall–Kier alpha value is -3.91. The molecule has 1 aliphatic carbocycles. The van der Waals surface area contributed by atoms with Gasteiger partial charge in [0.1, 0.15) is 11.2 Å². The van der Waals surface area contributed by atoms with Gasteiger partial charge in [-0.3, -0.25) is 4.98 Å². The van der Waals surface area contributed by atoms with E-state index >= 15 is 0 Å². The maximum absolute atomic E-state index is 9.11. The number of nitrogens with zero attached hydrogens (tertiary/aromatic N) is 1. The van der Waals surface area contributed by atoms with E-state index < -0.39 is 5.89 Å². The van der Waals surface area contributed by atoms with Crippen molar-refractivity contribution in [3.05, 3.63) is 103 Å². The second-order valence-corrected chi connectivity index (χ2v) is 11.3. The highest BCUT2D eigenvalue weighted by atomic mass is 16.3. The molecule has 37 heavy (non-hydrogen) atoms. The van der Waals surface area contributed by atoms with Crippen LogP contribution in [-0.2, 0) is 0 Å². The number of benzene rings is 4. The zero-order valence-electron chi connectivity index (χ0n) is 22.4. The molecule has 0 saturated heterocycles. The lowest BCUT2D eigenvalue weighted by Crippen LogP contribution is -2.20. The van der Waals surface area contributed by atoms with E-state index in [1.54, 1.807) is 0 Å². The third-order valence-electron chi connectivity index (χ3n) is 8.23. The molecule has 2 heterocycles. The summed E-state index contributed by atoms with van der Waals surface area (Å²) < 4.78 is 15.5. The van der Waals surface area contributed by atoms with E-state index in [0.717, 1.165) is 75.6 Å². The normalized spacial score (nSPS) is 17.3. The number of aromatic nitrogens is 1. The molecule has 2 heteroatoms. The SMILES string of the molecule is [2H]C1(c2ccc(-c3ccnc(-c4cccc5c4oc4cc6ccccc6cc45)c3)cc2)CCC(C)(C)CC1. The molecule has 2 aromatic heterocycles. The Morgan fingerprint density at radius 3 is 2.32 bits per heavy atom. The predicted molar refractivity (Wildman–Crippen MR) is 155 cm³/mol. The molecule has 0 atom stereocenters. The van der Waals surface area contributed by atoms with E-state index in [-0.39, 0.29) is 0 Å². The van der Waals surface area contributed by atoms with E-state index in [1.807, 2.05) is 6.20 Å². The first-order chi connectivity index (χ1) is 18.4. The highest BCUT2D eigenvalue weighted by molar-refractivity contribution is 6.13. The van der Waals surface area contributed by atoms with Gasteiger partial charge in [-0.2, -0.15) is 0 Å². The van der Waals surface area contributed by atoms with Crippen molar-refractivity contribution in [1.82, 2.24) is 4.98 Å². The molecule has 0 radical (unpaired) electrons. The largest absolute Gasteiger partial charge is 0.455 e. The fourth-order valence-corrected chi connectivity index (χ4v) is 5.86. The lowest BCUT2D eigenvalue weighted by Gasteiger charge is -2.34. The molecule has 6 aromatic rings. The van der Waals surface area contributed by atoms with Crippen LogP contribution in [0.5, 0.6) is 0 Å². The molecule has 2 nitrogen and oxygen atoms in total. The summed E-state index contributed by atoms with van der Waals surface area (Å²) in [6, 6.07) is 31.9. The quantitative estimate of drug-likeness (QED) is 0.251. The van der Waals surface area contributed by atoms with Gasteiger partial charge in [0.25, 0.3) is 0 Å². The Labute approximate surface area is 219 Å². The average molecular weight is 483 g/mol. The summed E-state index contributed by atoms with van der Waals surface area (Å²) in [5, 5.41) is 4.62. The maximum atomic E-state index is 9.11. The van der Waals surface area contributed by atoms with Crippen LogP contribution in [0.3, 0.4) is 0 Å². The average Bonchev–Trinajstić information content (AvgIpc) is 3.31. The summed E-state index contributed by atoms with van der Waals surface area (Å²) in [4.78, 5) is 4.74. The van der Waals surface area contributed by atoms with Crippen molar-refractivity contribution in [1.29, 1.82) is 0 Å². The number of hydrogen-bond donors (Lipinski definition) is 0. The predicted octanol–water partition coefficient (Wildman–Crippen LogP) is 10.2. The number of furan rings is 1. The number of pyridine rings is 1. The Morgan fingerprint density at radius 2 is 1.54 bits per heavy atom. The fraction of sp³-hybridized carbons (Fsp3) is 0.229. The van der Waals surface area contributed by atoms with Crippen molar-refractivity contribution in [2.45, 2.75) is 45.4 Å². The minimum Gasteiger partial charge on any atom is -0.455 e. The Morgan fingerprint density at radius 1 is 0.784 bits per heavy atom. The van der Waals surface area contributed by atoms with Crippen molar-refractivity contribution in [3.63, 3.8) is 0 Å². The molecular weight excluding hydrogens is 450 g/mol. The molecule has 0 N–H and O–H groups in total. The third-order valence-corrected chi connectivity index (χ3v) is 8.23. The van der Waals surface area contributed by atoms with E-state index in [0.29, 0.717) is 5.41 Å². The number of hydrogen-bond acceptors (Lipinski definition) is 2. The van der Waals surface area contributed by atoms with Gasteiger partial charge in [0.05, 0.1) is 5.69 Å². The summed E-state index contributed by atoms with van der Waals surface area (Å²) in [7, 11) is 0. The van der Waals surface area contributed by atoms with Crippen molar-refractivity contribution < 1.29 is 5.79 Å². The molecule has 1 saturated carbocycles. The van der Waals surface area contributed by atoms with Crippen molar-refractivity contribution in [2.24, 2.45) is 5.41 Å². The molecule has 0 unspecified atom stereocenters. The monoisotopic (exact) mass is 482 g/mol. The molecule has 182 valence electrons. The number of fused-ring (bicyclic) bond motifs is 4. The van der Waals surface area contributed by atoms with Crippen LogP contribution in [0.2, 0.25) is 0 Å². The Balaban J connectivity index is 1.25. The zero-order chi connectivity index (χ0) is 25.9. The lowest BCUT2D eigenvalue weighted by molar-refractivity contribution is 0.224. The molecule has 0 aliphatic heterocycles. The summed E-state index contributed by atoms with van der Waals surface area (Å²) in [6.07, 6.45) is 5.94. The van der Waals surface area contributed by atoms with Gasteiger partial charge in [0.15, 0.2) is 0 Å². The lowest BCUT2D eigenvalue weighted by atomic mass is 9.71. The topological polar surface area (TPSA) is 26.0 Å². The third kappa shape index (κ3) is 4.01. The van der Waals surface area contributed by atoms with Gasteiger partial charge in [-0.25, -0.2) is 0 Å². The number of para-hydroxylation sites is 1. The Kier molecular flexibility index (Phi) is 4.92. The summed E-state index contributed by atoms with van der Waals surface area (Å²) in [5.74, 6) is -0.473. The van der Waals surface area contributed by atoms with Crippen LogP contribution in [0.1, 0.15) is 52.4 Å². The molecule has 0 spiro atoms. The fourth-order valence-electron chi connectivity index (χ4n) is 5.86. The summed E-state index contributed by atoms with van der Waals surface area (Å²) in [5.41, 5.74) is 7.40.